The number of hydrogen-bond donors (Lipinski definition) is 4. The third-order valence-electron chi connectivity index (χ3n) is 10.8. The summed E-state index contributed by atoms with van der Waals surface area (Å²) < 4.78 is 79.0. The number of nitrogens with zero attached hydrogens (tertiary/aromatic N) is 4. The SMILES string of the molecule is COC(=O)N[C@H](C(=O)N1CC(F)(F)C[C@H]1c1ncc(-c2ccc(-c3ccc(-c4cnc([C@@H]5CC(F)(F)CN5C(=O)[C@@H](NC(=O)OC)[C@@H](C)OC)[nH]4)cc3)cc2)[nH]1)[C@@H](C)OC. The Kier molecular flexibility index (Phi) is 12.8. The minimum absolute atomic E-state index is 0.153. The number of alkyl halides is 4. The number of aromatic nitrogens is 4. The van der Waals surface area contributed by atoms with Gasteiger partial charge in [-0.1, -0.05) is 48.5 Å². The van der Waals surface area contributed by atoms with Crippen LogP contribution in [0, 0.1) is 0 Å². The molecular formula is C40H46F4N8O8. The molecule has 6 rings (SSSR count). The summed E-state index contributed by atoms with van der Waals surface area (Å²) in [6, 6.07) is 9.99. The maximum absolute atomic E-state index is 14.8. The van der Waals surface area contributed by atoms with Crippen molar-refractivity contribution in [1.29, 1.82) is 0 Å². The standard InChI is InChI=1S/C40H46F4N8O8/c1-21(57-3)31(49-37(55)59-5)35(53)51-19-39(41,42)15-29(51)33-45-17-27(47-33)25-11-7-23(8-12-25)24-9-13-26(14-10-24)28-18-46-34(48-28)30-16-40(43,44)20-52(30)36(54)32(22(2)58-4)50-38(56)60-6/h7-14,17-18,21-22,29-32H,15-16,19-20H2,1-6H3,(H,45,47)(H,46,48)(H,49,55)(H,50,56)/t21-,22-,29+,30+,31+,32+/m1/s1. The Morgan fingerprint density at radius 3 is 1.28 bits per heavy atom. The van der Waals surface area contributed by atoms with E-state index < -0.39 is 98.2 Å². The first-order valence-corrected chi connectivity index (χ1v) is 18.9. The zero-order valence-corrected chi connectivity index (χ0v) is 33.6. The van der Waals surface area contributed by atoms with E-state index >= 15 is 0 Å². The number of amides is 4. The van der Waals surface area contributed by atoms with Gasteiger partial charge in [0, 0.05) is 27.1 Å². The average Bonchev–Trinajstić information content (AvgIpc) is 4.06. The number of alkyl carbamates (subject to hydrolysis) is 2. The van der Waals surface area contributed by atoms with Gasteiger partial charge < -0.3 is 49.3 Å². The van der Waals surface area contributed by atoms with Crippen molar-refractivity contribution in [3.63, 3.8) is 0 Å². The summed E-state index contributed by atoms with van der Waals surface area (Å²) in [6.45, 7) is 1.31. The fourth-order valence-electron chi connectivity index (χ4n) is 7.34. The van der Waals surface area contributed by atoms with Crippen molar-refractivity contribution < 1.29 is 55.7 Å². The lowest BCUT2D eigenvalue weighted by molar-refractivity contribution is -0.139. The van der Waals surface area contributed by atoms with E-state index in [0.29, 0.717) is 22.5 Å². The summed E-state index contributed by atoms with van der Waals surface area (Å²) in [5.41, 5.74) is 4.16. The van der Waals surface area contributed by atoms with Gasteiger partial charge in [0.25, 0.3) is 11.8 Å². The number of nitrogens with one attached hydrogen (secondary N) is 4. The Bertz CT molecular complexity index is 2010. The fourth-order valence-corrected chi connectivity index (χ4v) is 7.34. The first-order valence-electron chi connectivity index (χ1n) is 18.9. The number of rotatable bonds is 13. The van der Waals surface area contributed by atoms with E-state index in [4.69, 9.17) is 9.47 Å². The van der Waals surface area contributed by atoms with Crippen molar-refractivity contribution >= 4 is 24.0 Å². The average molecular weight is 843 g/mol. The van der Waals surface area contributed by atoms with Crippen LogP contribution in [0.1, 0.15) is 50.4 Å². The molecule has 4 amide bonds. The van der Waals surface area contributed by atoms with Gasteiger partial charge in [0.1, 0.15) is 23.7 Å². The van der Waals surface area contributed by atoms with Crippen LogP contribution in [0.5, 0.6) is 0 Å². The number of imidazole rings is 2. The molecule has 4 heterocycles. The van der Waals surface area contributed by atoms with E-state index in [1.807, 2.05) is 48.5 Å². The molecule has 0 radical (unpaired) electrons. The smallest absolute Gasteiger partial charge is 0.407 e. The van der Waals surface area contributed by atoms with Crippen LogP contribution in [-0.4, -0.2) is 131 Å². The van der Waals surface area contributed by atoms with Crippen molar-refractivity contribution in [3.8, 4) is 33.6 Å². The van der Waals surface area contributed by atoms with Crippen molar-refractivity contribution in [1.82, 2.24) is 40.4 Å². The van der Waals surface area contributed by atoms with Crippen LogP contribution in [0.3, 0.4) is 0 Å². The maximum atomic E-state index is 14.8. The first kappa shape index (κ1) is 43.6. The van der Waals surface area contributed by atoms with Gasteiger partial charge in [-0.3, -0.25) is 9.59 Å². The number of hydrogen-bond acceptors (Lipinski definition) is 10. The molecule has 4 aromatic rings. The Morgan fingerprint density at radius 2 is 0.967 bits per heavy atom. The number of H-pyrrole nitrogens is 2. The molecule has 2 aromatic carbocycles. The predicted octanol–water partition coefficient (Wildman–Crippen LogP) is 5.47. The Hall–Kier alpha value is -6.02. The topological polar surface area (TPSA) is 193 Å². The minimum atomic E-state index is -3.20. The monoisotopic (exact) mass is 842 g/mol. The van der Waals surface area contributed by atoms with E-state index in [-0.39, 0.29) is 11.6 Å². The number of aromatic amines is 2. The molecule has 322 valence electrons. The second-order valence-electron chi connectivity index (χ2n) is 14.7. The van der Waals surface area contributed by atoms with Crippen molar-refractivity contribution in [3.05, 3.63) is 72.6 Å². The lowest BCUT2D eigenvalue weighted by Gasteiger charge is -2.30. The van der Waals surface area contributed by atoms with Gasteiger partial charge in [-0.25, -0.2) is 37.1 Å². The van der Waals surface area contributed by atoms with Crippen LogP contribution >= 0.6 is 0 Å². The summed E-state index contributed by atoms with van der Waals surface area (Å²) in [7, 11) is 4.91. The molecule has 0 unspecified atom stereocenters. The second-order valence-corrected chi connectivity index (χ2v) is 14.7. The summed E-state index contributed by atoms with van der Waals surface area (Å²) in [5, 5.41) is 4.76. The Morgan fingerprint density at radius 1 is 0.633 bits per heavy atom. The maximum Gasteiger partial charge on any atom is 0.407 e. The van der Waals surface area contributed by atoms with Gasteiger partial charge >= 0.3 is 12.2 Å². The van der Waals surface area contributed by atoms with Crippen LogP contribution < -0.4 is 10.6 Å². The van der Waals surface area contributed by atoms with Gasteiger partial charge in [0.15, 0.2) is 0 Å². The molecule has 2 aliphatic heterocycles. The predicted molar refractivity (Wildman–Crippen MR) is 207 cm³/mol. The molecule has 2 aromatic heterocycles. The molecule has 16 nitrogen and oxygen atoms in total. The van der Waals surface area contributed by atoms with Crippen LogP contribution in [0.25, 0.3) is 33.6 Å². The van der Waals surface area contributed by atoms with Gasteiger partial charge in [-0.05, 0) is 36.1 Å². The van der Waals surface area contributed by atoms with Crippen LogP contribution in [0.4, 0.5) is 27.2 Å². The molecule has 6 atom stereocenters. The summed E-state index contributed by atoms with van der Waals surface area (Å²) in [4.78, 5) is 67.9. The van der Waals surface area contributed by atoms with Crippen LogP contribution in [0.15, 0.2) is 60.9 Å². The number of carbonyl (C=O) groups is 4. The number of halogens is 4. The normalized spacial score (nSPS) is 20.2. The summed E-state index contributed by atoms with van der Waals surface area (Å²) >= 11 is 0. The molecule has 20 heteroatoms. The van der Waals surface area contributed by atoms with E-state index in [2.05, 4.69) is 40.0 Å². The number of benzene rings is 2. The molecule has 0 spiro atoms. The lowest BCUT2D eigenvalue weighted by atomic mass is 10.0. The van der Waals surface area contributed by atoms with E-state index in [9.17, 15) is 36.7 Å². The number of methoxy groups -OCH3 is 4. The Labute approximate surface area is 342 Å². The zero-order valence-electron chi connectivity index (χ0n) is 33.6. The number of carbonyl (C=O) groups excluding carboxylic acids is 4. The largest absolute Gasteiger partial charge is 0.453 e. The molecule has 2 fully saturated rings. The highest BCUT2D eigenvalue weighted by atomic mass is 19.3. The molecule has 0 saturated carbocycles. The molecule has 0 aliphatic carbocycles. The quantitative estimate of drug-likeness (QED) is 0.126. The van der Waals surface area contributed by atoms with Gasteiger partial charge in [0.2, 0.25) is 11.8 Å². The van der Waals surface area contributed by atoms with Crippen molar-refractivity contribution in [2.75, 3.05) is 41.5 Å². The third kappa shape index (κ3) is 9.38. The first-order chi connectivity index (χ1) is 28.5. The van der Waals surface area contributed by atoms with Gasteiger partial charge in [-0.2, -0.15) is 0 Å². The second kappa shape index (κ2) is 17.7. The molecule has 4 N–H and O–H groups in total. The fraction of sp³-hybridized carbons (Fsp3) is 0.450. The number of ether oxygens (including phenoxy) is 4. The van der Waals surface area contributed by atoms with Gasteiger partial charge in [-0.15, -0.1) is 0 Å². The van der Waals surface area contributed by atoms with Crippen LogP contribution in [0.2, 0.25) is 0 Å². The van der Waals surface area contributed by atoms with Gasteiger partial charge in [0.05, 0.1) is 75.4 Å². The summed E-state index contributed by atoms with van der Waals surface area (Å²) in [5.74, 6) is -7.64. The van der Waals surface area contributed by atoms with Crippen molar-refractivity contribution in [2.24, 2.45) is 0 Å². The highest BCUT2D eigenvalue weighted by Crippen LogP contribution is 2.42. The molecule has 60 heavy (non-hydrogen) atoms. The third-order valence-corrected chi connectivity index (χ3v) is 10.8. The highest BCUT2D eigenvalue weighted by molar-refractivity contribution is 5.88. The molecule has 0 bridgehead atoms. The lowest BCUT2D eigenvalue weighted by Crippen LogP contribution is -2.54. The molecule has 2 aliphatic rings. The molecular weight excluding hydrogens is 796 g/mol. The van der Waals surface area contributed by atoms with Crippen LogP contribution in [-0.2, 0) is 28.5 Å². The Balaban J connectivity index is 1.15. The zero-order chi connectivity index (χ0) is 43.5. The summed E-state index contributed by atoms with van der Waals surface area (Å²) in [6.07, 6.45) is -1.87. The minimum Gasteiger partial charge on any atom is -0.453 e. The van der Waals surface area contributed by atoms with Crippen molar-refractivity contribution in [2.45, 2.75) is 74.9 Å². The molecule has 2 saturated heterocycles. The van der Waals surface area contributed by atoms with E-state index in [1.165, 1.54) is 40.5 Å². The highest BCUT2D eigenvalue weighted by Gasteiger charge is 2.52. The number of likely N-dealkylation sites (tertiary alicyclic amines) is 2. The van der Waals surface area contributed by atoms with E-state index in [1.54, 1.807) is 0 Å². The van der Waals surface area contributed by atoms with E-state index in [0.717, 1.165) is 35.1 Å².